The molecule has 3 heterocycles. The van der Waals surface area contributed by atoms with Crippen molar-refractivity contribution in [3.63, 3.8) is 0 Å². The normalized spacial score (nSPS) is 14.6. The van der Waals surface area contributed by atoms with Crippen LogP contribution in [0.1, 0.15) is 0 Å². The summed E-state index contributed by atoms with van der Waals surface area (Å²) in [5.74, 6) is 3.42. The highest BCUT2D eigenvalue weighted by Crippen LogP contribution is 2.29. The minimum atomic E-state index is 0.181. The molecule has 1 N–H and O–H groups in total. The number of aromatic nitrogens is 4. The lowest BCUT2D eigenvalue weighted by Gasteiger charge is -2.27. The molecule has 1 fully saturated rings. The number of benzene rings is 1. The number of hydrogen-bond acceptors (Lipinski definition) is 6. The first-order chi connectivity index (χ1) is 12.3. The highest BCUT2D eigenvalue weighted by Gasteiger charge is 2.20. The SMILES string of the molecule is C#CCn1cnc2c(-c3cccc(O)c3)nc(N3CCOCC3)nc21. The van der Waals surface area contributed by atoms with E-state index < -0.39 is 0 Å². The monoisotopic (exact) mass is 335 g/mol. The van der Waals surface area contributed by atoms with Gasteiger partial charge in [0.1, 0.15) is 17.0 Å². The maximum Gasteiger partial charge on any atom is 0.228 e. The summed E-state index contributed by atoms with van der Waals surface area (Å²) in [6, 6.07) is 6.98. The van der Waals surface area contributed by atoms with E-state index >= 15 is 0 Å². The van der Waals surface area contributed by atoms with Gasteiger partial charge in [0.05, 0.1) is 26.1 Å². The Balaban J connectivity index is 1.91. The lowest BCUT2D eigenvalue weighted by molar-refractivity contribution is 0.122. The Labute approximate surface area is 144 Å². The molecule has 0 spiro atoms. The van der Waals surface area contributed by atoms with Crippen LogP contribution in [0.3, 0.4) is 0 Å². The first-order valence-electron chi connectivity index (χ1n) is 8.04. The fourth-order valence-corrected chi connectivity index (χ4v) is 2.91. The van der Waals surface area contributed by atoms with Crippen LogP contribution in [0.2, 0.25) is 0 Å². The van der Waals surface area contributed by atoms with E-state index in [2.05, 4.69) is 20.8 Å². The van der Waals surface area contributed by atoms with Gasteiger partial charge in [-0.15, -0.1) is 6.42 Å². The standard InChI is InChI=1S/C18H17N5O2/c1-2-6-23-12-19-16-15(13-4-3-5-14(24)11-13)20-18(21-17(16)23)22-7-9-25-10-8-22/h1,3-5,11-12,24H,6-10H2. The van der Waals surface area contributed by atoms with E-state index in [1.165, 1.54) is 0 Å². The molecule has 4 rings (SSSR count). The average Bonchev–Trinajstić information content (AvgIpc) is 3.05. The molecule has 0 bridgehead atoms. The summed E-state index contributed by atoms with van der Waals surface area (Å²) in [5.41, 5.74) is 2.82. The molecule has 0 amide bonds. The maximum absolute atomic E-state index is 9.83. The van der Waals surface area contributed by atoms with Gasteiger partial charge < -0.3 is 19.3 Å². The van der Waals surface area contributed by atoms with E-state index in [1.807, 2.05) is 10.6 Å². The Hall–Kier alpha value is -3.11. The lowest BCUT2D eigenvalue weighted by Crippen LogP contribution is -2.37. The summed E-state index contributed by atoms with van der Waals surface area (Å²) < 4.78 is 7.24. The molecule has 0 radical (unpaired) electrons. The van der Waals surface area contributed by atoms with Crippen LogP contribution in [0.5, 0.6) is 5.75 Å². The molecule has 2 aromatic heterocycles. The van der Waals surface area contributed by atoms with Crippen molar-refractivity contribution in [2.75, 3.05) is 31.2 Å². The molecule has 1 aliphatic rings. The fourth-order valence-electron chi connectivity index (χ4n) is 2.91. The first-order valence-corrected chi connectivity index (χ1v) is 8.04. The van der Waals surface area contributed by atoms with Gasteiger partial charge in [0.2, 0.25) is 5.95 Å². The summed E-state index contributed by atoms with van der Waals surface area (Å²) >= 11 is 0. The average molecular weight is 335 g/mol. The number of phenolic OH excluding ortho intramolecular Hbond substituents is 1. The summed E-state index contributed by atoms with van der Waals surface area (Å²) in [5, 5.41) is 9.83. The molecule has 0 saturated carbocycles. The van der Waals surface area contributed by atoms with Gasteiger partial charge in [0.15, 0.2) is 5.65 Å². The summed E-state index contributed by atoms with van der Waals surface area (Å²) in [6.45, 7) is 3.14. The molecule has 0 atom stereocenters. The van der Waals surface area contributed by atoms with Gasteiger partial charge in [-0.2, -0.15) is 4.98 Å². The number of morpholine rings is 1. The number of terminal acetylenes is 1. The number of aromatic hydroxyl groups is 1. The number of rotatable bonds is 3. The Kier molecular flexibility index (Phi) is 3.96. The van der Waals surface area contributed by atoms with E-state index in [1.54, 1.807) is 24.5 Å². The maximum atomic E-state index is 9.83. The molecular formula is C18H17N5O2. The molecule has 1 aliphatic heterocycles. The van der Waals surface area contributed by atoms with Gasteiger partial charge in [-0.05, 0) is 12.1 Å². The van der Waals surface area contributed by atoms with E-state index in [9.17, 15) is 5.11 Å². The van der Waals surface area contributed by atoms with Crippen LogP contribution < -0.4 is 4.90 Å². The predicted octanol–water partition coefficient (Wildman–Crippen LogP) is 1.67. The highest BCUT2D eigenvalue weighted by molar-refractivity contribution is 5.88. The highest BCUT2D eigenvalue weighted by atomic mass is 16.5. The van der Waals surface area contributed by atoms with Gasteiger partial charge in [-0.1, -0.05) is 18.1 Å². The van der Waals surface area contributed by atoms with Crippen LogP contribution in [0.4, 0.5) is 5.95 Å². The molecule has 1 saturated heterocycles. The van der Waals surface area contributed by atoms with Crippen LogP contribution in [0.25, 0.3) is 22.4 Å². The van der Waals surface area contributed by atoms with Gasteiger partial charge in [-0.25, -0.2) is 9.97 Å². The molecule has 3 aromatic rings. The fraction of sp³-hybridized carbons (Fsp3) is 0.278. The van der Waals surface area contributed by atoms with E-state index in [0.29, 0.717) is 42.6 Å². The lowest BCUT2D eigenvalue weighted by atomic mass is 10.1. The van der Waals surface area contributed by atoms with Crippen molar-refractivity contribution in [1.29, 1.82) is 0 Å². The molecule has 0 aliphatic carbocycles. The zero-order valence-electron chi connectivity index (χ0n) is 13.6. The summed E-state index contributed by atoms with van der Waals surface area (Å²) in [7, 11) is 0. The van der Waals surface area contributed by atoms with Crippen molar-refractivity contribution in [3.05, 3.63) is 30.6 Å². The van der Waals surface area contributed by atoms with E-state index in [-0.39, 0.29) is 5.75 Å². The van der Waals surface area contributed by atoms with Gasteiger partial charge in [0.25, 0.3) is 0 Å². The molecule has 7 heteroatoms. The number of fused-ring (bicyclic) bond motifs is 1. The first kappa shape index (κ1) is 15.4. The van der Waals surface area contributed by atoms with Crippen molar-refractivity contribution in [3.8, 4) is 29.4 Å². The summed E-state index contributed by atoms with van der Waals surface area (Å²) in [6.07, 6.45) is 7.13. The largest absolute Gasteiger partial charge is 0.508 e. The minimum absolute atomic E-state index is 0.181. The summed E-state index contributed by atoms with van der Waals surface area (Å²) in [4.78, 5) is 16.0. The topological polar surface area (TPSA) is 76.3 Å². The van der Waals surface area contributed by atoms with Crippen LogP contribution in [-0.4, -0.2) is 50.9 Å². The smallest absolute Gasteiger partial charge is 0.228 e. The van der Waals surface area contributed by atoms with Crippen LogP contribution in [-0.2, 0) is 11.3 Å². The second kappa shape index (κ2) is 6.42. The quantitative estimate of drug-likeness (QED) is 0.734. The van der Waals surface area contributed by atoms with Crippen LogP contribution in [0, 0.1) is 12.3 Å². The van der Waals surface area contributed by atoms with Gasteiger partial charge in [0, 0.05) is 18.7 Å². The Morgan fingerprint density at radius 1 is 1.24 bits per heavy atom. The molecule has 1 aromatic carbocycles. The van der Waals surface area contributed by atoms with Crippen molar-refractivity contribution in [2.24, 2.45) is 0 Å². The van der Waals surface area contributed by atoms with E-state index in [0.717, 1.165) is 18.7 Å². The molecule has 0 unspecified atom stereocenters. The number of anilines is 1. The molecular weight excluding hydrogens is 318 g/mol. The molecule has 7 nitrogen and oxygen atoms in total. The third kappa shape index (κ3) is 2.88. The van der Waals surface area contributed by atoms with Crippen molar-refractivity contribution < 1.29 is 9.84 Å². The third-order valence-electron chi connectivity index (χ3n) is 4.13. The second-order valence-electron chi connectivity index (χ2n) is 5.77. The zero-order valence-corrected chi connectivity index (χ0v) is 13.6. The number of imidazole rings is 1. The third-order valence-corrected chi connectivity index (χ3v) is 4.13. The molecule has 25 heavy (non-hydrogen) atoms. The van der Waals surface area contributed by atoms with Crippen LogP contribution >= 0.6 is 0 Å². The van der Waals surface area contributed by atoms with E-state index in [4.69, 9.17) is 16.1 Å². The Morgan fingerprint density at radius 3 is 2.84 bits per heavy atom. The molecule has 126 valence electrons. The number of nitrogens with zero attached hydrogens (tertiary/aromatic N) is 5. The number of ether oxygens (including phenoxy) is 1. The van der Waals surface area contributed by atoms with Crippen molar-refractivity contribution in [1.82, 2.24) is 19.5 Å². The number of hydrogen-bond donors (Lipinski definition) is 1. The number of phenols is 1. The van der Waals surface area contributed by atoms with Crippen LogP contribution in [0.15, 0.2) is 30.6 Å². The Bertz CT molecular complexity index is 954. The zero-order chi connectivity index (χ0) is 17.2. The minimum Gasteiger partial charge on any atom is -0.508 e. The van der Waals surface area contributed by atoms with Gasteiger partial charge >= 0.3 is 0 Å². The van der Waals surface area contributed by atoms with Crippen molar-refractivity contribution >= 4 is 17.1 Å². The van der Waals surface area contributed by atoms with Crippen molar-refractivity contribution in [2.45, 2.75) is 6.54 Å². The predicted molar refractivity (Wildman–Crippen MR) is 94.3 cm³/mol. The van der Waals surface area contributed by atoms with Gasteiger partial charge in [-0.3, -0.25) is 0 Å². The second-order valence-corrected chi connectivity index (χ2v) is 5.77. The Morgan fingerprint density at radius 2 is 2.08 bits per heavy atom.